The zero-order valence-corrected chi connectivity index (χ0v) is 13.2. The molecule has 2 saturated heterocycles. The van der Waals surface area contributed by atoms with Gasteiger partial charge in [-0.3, -0.25) is 14.5 Å². The van der Waals surface area contributed by atoms with Crippen molar-refractivity contribution in [1.29, 1.82) is 0 Å². The second kappa shape index (κ2) is 7.57. The summed E-state index contributed by atoms with van der Waals surface area (Å²) in [6.45, 7) is 4.12. The Hall–Kier alpha value is -1.92. The molecule has 0 aromatic heterocycles. The molecule has 2 amide bonds. The molecule has 3 rings (SSSR count). The summed E-state index contributed by atoms with van der Waals surface area (Å²) in [5, 5.41) is 2.90. The number of carbonyl (C=O) groups is 2. The van der Waals surface area contributed by atoms with Gasteiger partial charge in [0.2, 0.25) is 11.8 Å². The summed E-state index contributed by atoms with van der Waals surface area (Å²) in [5.74, 6) is 0.156. The van der Waals surface area contributed by atoms with Crippen molar-refractivity contribution >= 4 is 11.8 Å². The Bertz CT molecular complexity index is 543. The lowest BCUT2D eigenvalue weighted by atomic mass is 10.0. The molecule has 1 N–H and O–H groups in total. The minimum atomic E-state index is -0.0521. The predicted molar refractivity (Wildman–Crippen MR) is 85.8 cm³/mol. The van der Waals surface area contributed by atoms with E-state index in [0.717, 1.165) is 5.56 Å². The minimum Gasteiger partial charge on any atom is -0.378 e. The van der Waals surface area contributed by atoms with Crippen molar-refractivity contribution in [2.45, 2.75) is 12.5 Å². The van der Waals surface area contributed by atoms with Crippen LogP contribution in [0.2, 0.25) is 0 Å². The van der Waals surface area contributed by atoms with Gasteiger partial charge in [-0.15, -0.1) is 0 Å². The molecule has 124 valence electrons. The second-order valence-electron chi connectivity index (χ2n) is 5.94. The molecule has 23 heavy (non-hydrogen) atoms. The second-order valence-corrected chi connectivity index (χ2v) is 5.94. The Labute approximate surface area is 136 Å². The number of ether oxygens (including phenoxy) is 1. The number of benzene rings is 1. The highest BCUT2D eigenvalue weighted by molar-refractivity contribution is 5.79. The van der Waals surface area contributed by atoms with Crippen molar-refractivity contribution in [3.8, 4) is 0 Å². The van der Waals surface area contributed by atoms with Crippen LogP contribution in [0.3, 0.4) is 0 Å². The summed E-state index contributed by atoms with van der Waals surface area (Å²) in [4.78, 5) is 28.5. The van der Waals surface area contributed by atoms with Gasteiger partial charge in [-0.2, -0.15) is 0 Å². The quantitative estimate of drug-likeness (QED) is 0.877. The topological polar surface area (TPSA) is 61.9 Å². The first-order chi connectivity index (χ1) is 11.2. The average molecular weight is 317 g/mol. The van der Waals surface area contributed by atoms with Gasteiger partial charge in [0.05, 0.1) is 19.8 Å². The summed E-state index contributed by atoms with van der Waals surface area (Å²) >= 11 is 0. The van der Waals surface area contributed by atoms with Crippen molar-refractivity contribution in [1.82, 2.24) is 15.1 Å². The first-order valence-corrected chi connectivity index (χ1v) is 8.15. The molecule has 6 heteroatoms. The Balaban J connectivity index is 1.73. The van der Waals surface area contributed by atoms with Crippen LogP contribution >= 0.6 is 0 Å². The van der Waals surface area contributed by atoms with E-state index in [2.05, 4.69) is 10.2 Å². The highest BCUT2D eigenvalue weighted by Gasteiger charge is 2.29. The number of carbonyl (C=O) groups excluding carboxylic acids is 2. The highest BCUT2D eigenvalue weighted by atomic mass is 16.5. The van der Waals surface area contributed by atoms with E-state index in [-0.39, 0.29) is 17.9 Å². The fourth-order valence-corrected chi connectivity index (χ4v) is 3.15. The molecule has 2 heterocycles. The molecule has 1 atom stereocenters. The summed E-state index contributed by atoms with van der Waals surface area (Å²) in [6, 6.07) is 9.90. The first-order valence-electron chi connectivity index (χ1n) is 8.15. The molecule has 1 aromatic carbocycles. The molecule has 0 aliphatic carbocycles. The lowest BCUT2D eigenvalue weighted by molar-refractivity contribution is -0.137. The van der Waals surface area contributed by atoms with Crippen LogP contribution in [0.5, 0.6) is 0 Å². The van der Waals surface area contributed by atoms with Gasteiger partial charge in [-0.1, -0.05) is 30.3 Å². The largest absolute Gasteiger partial charge is 0.378 e. The SMILES string of the molecule is O=C1CC(c2ccccc2)N(CC(=O)N2CCOCC2)CCN1. The van der Waals surface area contributed by atoms with Gasteiger partial charge in [0.25, 0.3) is 0 Å². The molecule has 1 aromatic rings. The standard InChI is InChI=1S/C17H23N3O3/c21-16-12-15(14-4-2-1-3-5-14)20(7-6-18-16)13-17(22)19-8-10-23-11-9-19/h1-5,15H,6-13H2,(H,18,21). The van der Waals surface area contributed by atoms with Crippen LogP contribution in [-0.4, -0.2) is 67.6 Å². The summed E-state index contributed by atoms with van der Waals surface area (Å²) in [6.07, 6.45) is 0.389. The molecule has 0 bridgehead atoms. The van der Waals surface area contributed by atoms with Crippen molar-refractivity contribution in [2.75, 3.05) is 45.9 Å². The summed E-state index contributed by atoms with van der Waals surface area (Å²) < 4.78 is 5.30. The molecule has 1 unspecified atom stereocenters. The maximum atomic E-state index is 12.6. The molecule has 2 aliphatic rings. The van der Waals surface area contributed by atoms with Crippen LogP contribution < -0.4 is 5.32 Å². The van der Waals surface area contributed by atoms with Crippen molar-refractivity contribution in [3.05, 3.63) is 35.9 Å². The Morgan fingerprint density at radius 2 is 1.91 bits per heavy atom. The Kier molecular flexibility index (Phi) is 5.25. The lowest BCUT2D eigenvalue weighted by Gasteiger charge is -2.33. The molecule has 2 fully saturated rings. The van der Waals surface area contributed by atoms with E-state index in [1.165, 1.54) is 0 Å². The molecule has 6 nitrogen and oxygen atoms in total. The number of hydrogen-bond acceptors (Lipinski definition) is 4. The normalized spacial score (nSPS) is 23.2. The van der Waals surface area contributed by atoms with E-state index < -0.39 is 0 Å². The predicted octanol–water partition coefficient (Wildman–Crippen LogP) is 0.408. The number of nitrogens with zero attached hydrogens (tertiary/aromatic N) is 2. The van der Waals surface area contributed by atoms with Crippen molar-refractivity contribution in [3.63, 3.8) is 0 Å². The van der Waals surface area contributed by atoms with Crippen LogP contribution in [0.4, 0.5) is 0 Å². The smallest absolute Gasteiger partial charge is 0.236 e. The van der Waals surface area contributed by atoms with Crippen LogP contribution in [0.1, 0.15) is 18.0 Å². The number of hydrogen-bond donors (Lipinski definition) is 1. The monoisotopic (exact) mass is 317 g/mol. The van der Waals surface area contributed by atoms with Gasteiger partial charge in [-0.25, -0.2) is 0 Å². The van der Waals surface area contributed by atoms with E-state index in [0.29, 0.717) is 52.4 Å². The fourth-order valence-electron chi connectivity index (χ4n) is 3.15. The van der Waals surface area contributed by atoms with Gasteiger partial charge in [-0.05, 0) is 5.56 Å². The summed E-state index contributed by atoms with van der Waals surface area (Å²) in [7, 11) is 0. The maximum Gasteiger partial charge on any atom is 0.236 e. The zero-order chi connectivity index (χ0) is 16.1. The molecular weight excluding hydrogens is 294 g/mol. The van der Waals surface area contributed by atoms with Gasteiger partial charge in [0.1, 0.15) is 0 Å². The molecule has 0 spiro atoms. The number of nitrogens with one attached hydrogen (secondary N) is 1. The number of amides is 2. The average Bonchev–Trinajstić information content (AvgIpc) is 2.78. The Morgan fingerprint density at radius 3 is 2.65 bits per heavy atom. The Morgan fingerprint density at radius 1 is 1.17 bits per heavy atom. The lowest BCUT2D eigenvalue weighted by Crippen LogP contribution is -2.46. The fraction of sp³-hybridized carbons (Fsp3) is 0.529. The third-order valence-electron chi connectivity index (χ3n) is 4.43. The highest BCUT2D eigenvalue weighted by Crippen LogP contribution is 2.25. The van der Waals surface area contributed by atoms with Crippen LogP contribution in [0, 0.1) is 0 Å². The molecular formula is C17H23N3O3. The molecule has 2 aliphatic heterocycles. The molecule has 0 saturated carbocycles. The van der Waals surface area contributed by atoms with Gasteiger partial charge in [0.15, 0.2) is 0 Å². The van der Waals surface area contributed by atoms with Crippen molar-refractivity contribution < 1.29 is 14.3 Å². The zero-order valence-electron chi connectivity index (χ0n) is 13.2. The number of morpholine rings is 1. The van der Waals surface area contributed by atoms with Crippen LogP contribution in [0.15, 0.2) is 30.3 Å². The molecule has 0 radical (unpaired) electrons. The first kappa shape index (κ1) is 16.0. The van der Waals surface area contributed by atoms with Gasteiger partial charge < -0.3 is 15.0 Å². The van der Waals surface area contributed by atoms with E-state index in [1.54, 1.807) is 0 Å². The van der Waals surface area contributed by atoms with Crippen LogP contribution in [-0.2, 0) is 14.3 Å². The van der Waals surface area contributed by atoms with E-state index >= 15 is 0 Å². The third-order valence-corrected chi connectivity index (χ3v) is 4.43. The maximum absolute atomic E-state index is 12.6. The minimum absolute atomic E-state index is 0.0418. The van der Waals surface area contributed by atoms with Crippen molar-refractivity contribution in [2.24, 2.45) is 0 Å². The number of rotatable bonds is 3. The van der Waals surface area contributed by atoms with E-state index in [1.807, 2.05) is 35.2 Å². The van der Waals surface area contributed by atoms with Crippen LogP contribution in [0.25, 0.3) is 0 Å². The van der Waals surface area contributed by atoms with Gasteiger partial charge >= 0.3 is 0 Å². The van der Waals surface area contributed by atoms with E-state index in [4.69, 9.17) is 4.74 Å². The summed E-state index contributed by atoms with van der Waals surface area (Å²) in [5.41, 5.74) is 1.08. The van der Waals surface area contributed by atoms with E-state index in [9.17, 15) is 9.59 Å². The van der Waals surface area contributed by atoms with Gasteiger partial charge in [0, 0.05) is 38.6 Å². The third kappa shape index (κ3) is 4.09.